The van der Waals surface area contributed by atoms with Crippen LogP contribution < -0.4 is 0 Å². The van der Waals surface area contributed by atoms with E-state index >= 15 is 0 Å². The molecule has 110 valence electrons. The molecule has 0 heterocycles. The molecule has 0 fully saturated rings. The molecule has 2 heteroatoms. The molecule has 0 radical (unpaired) electrons. The normalized spacial score (nSPS) is 12.3. The molecule has 0 aromatic heterocycles. The third-order valence-corrected chi connectivity index (χ3v) is 4.20. The van der Waals surface area contributed by atoms with Gasteiger partial charge in [0.1, 0.15) is 5.71 Å². The summed E-state index contributed by atoms with van der Waals surface area (Å²) in [7, 11) is 0. The van der Waals surface area contributed by atoms with Crippen molar-refractivity contribution in [1.29, 1.82) is 0 Å². The van der Waals surface area contributed by atoms with Gasteiger partial charge in [-0.2, -0.15) is 5.10 Å². The van der Waals surface area contributed by atoms with E-state index in [4.69, 9.17) is 0 Å². The maximum atomic E-state index is 4.53. The second-order valence-electron chi connectivity index (χ2n) is 5.64. The lowest BCUT2D eigenvalue weighted by Crippen LogP contribution is -1.97. The number of hydrogen-bond acceptors (Lipinski definition) is 2. The zero-order valence-corrected chi connectivity index (χ0v) is 12.9. The molecular weight excluding hydrogens is 280 g/mol. The molecule has 0 saturated carbocycles. The van der Waals surface area contributed by atoms with Gasteiger partial charge in [-0.3, -0.25) is 0 Å². The first-order valence-electron chi connectivity index (χ1n) is 7.70. The fraction of sp³-hybridized carbons (Fsp3) is 0.0476. The summed E-state index contributed by atoms with van der Waals surface area (Å²) in [6, 6.07) is 24.9. The van der Waals surface area contributed by atoms with Gasteiger partial charge in [-0.1, -0.05) is 72.8 Å². The first kappa shape index (κ1) is 13.6. The van der Waals surface area contributed by atoms with E-state index in [0.29, 0.717) is 0 Å². The van der Waals surface area contributed by atoms with E-state index in [2.05, 4.69) is 65.7 Å². The minimum absolute atomic E-state index is 0.945. The molecule has 0 saturated heterocycles. The van der Waals surface area contributed by atoms with Crippen LogP contribution >= 0.6 is 0 Å². The topological polar surface area (TPSA) is 24.7 Å². The average molecular weight is 296 g/mol. The first-order chi connectivity index (χ1) is 11.3. The van der Waals surface area contributed by atoms with Gasteiger partial charge < -0.3 is 0 Å². The standard InChI is InChI=1S/C21H16N2/c1-15-8-2-3-9-16(15)14-22-23-21-19-12-6-4-10-17(19)18-11-5-7-13-20(18)21/h2-14H,1H3/b22-14-. The van der Waals surface area contributed by atoms with E-state index in [9.17, 15) is 0 Å². The fourth-order valence-electron chi connectivity index (χ4n) is 2.98. The Morgan fingerprint density at radius 1 is 0.652 bits per heavy atom. The molecule has 3 aromatic rings. The van der Waals surface area contributed by atoms with Crippen LogP contribution in [-0.2, 0) is 0 Å². The fourth-order valence-corrected chi connectivity index (χ4v) is 2.98. The van der Waals surface area contributed by atoms with Gasteiger partial charge in [0.15, 0.2) is 0 Å². The van der Waals surface area contributed by atoms with E-state index in [1.807, 2.05) is 30.5 Å². The highest BCUT2D eigenvalue weighted by atomic mass is 15.2. The average Bonchev–Trinajstić information content (AvgIpc) is 2.91. The Kier molecular flexibility index (Phi) is 3.35. The largest absolute Gasteiger partial charge is 0.158 e. The van der Waals surface area contributed by atoms with Gasteiger partial charge in [-0.25, -0.2) is 0 Å². The predicted molar refractivity (Wildman–Crippen MR) is 96.3 cm³/mol. The van der Waals surface area contributed by atoms with Crippen molar-refractivity contribution in [3.05, 3.63) is 95.1 Å². The number of aryl methyl sites for hydroxylation is 1. The Hall–Kier alpha value is -3.00. The first-order valence-corrected chi connectivity index (χ1v) is 7.70. The Morgan fingerprint density at radius 3 is 1.78 bits per heavy atom. The second-order valence-corrected chi connectivity index (χ2v) is 5.64. The Labute approximate surface area is 135 Å². The van der Waals surface area contributed by atoms with Crippen molar-refractivity contribution in [3.63, 3.8) is 0 Å². The van der Waals surface area contributed by atoms with E-state index in [0.717, 1.165) is 22.4 Å². The van der Waals surface area contributed by atoms with Crippen LogP contribution in [0.4, 0.5) is 0 Å². The quantitative estimate of drug-likeness (QED) is 0.373. The number of nitrogens with zero attached hydrogens (tertiary/aromatic N) is 2. The number of fused-ring (bicyclic) bond motifs is 3. The maximum Gasteiger partial charge on any atom is 0.101 e. The summed E-state index contributed by atoms with van der Waals surface area (Å²) in [6.07, 6.45) is 1.83. The van der Waals surface area contributed by atoms with Gasteiger partial charge in [0, 0.05) is 11.1 Å². The van der Waals surface area contributed by atoms with Gasteiger partial charge in [0.25, 0.3) is 0 Å². The van der Waals surface area contributed by atoms with E-state index in [1.54, 1.807) is 0 Å². The van der Waals surface area contributed by atoms with Crippen LogP contribution in [0.25, 0.3) is 11.1 Å². The summed E-state index contributed by atoms with van der Waals surface area (Å²) in [5, 5.41) is 8.87. The Morgan fingerprint density at radius 2 is 1.17 bits per heavy atom. The minimum Gasteiger partial charge on any atom is -0.158 e. The molecule has 3 aromatic carbocycles. The highest BCUT2D eigenvalue weighted by Gasteiger charge is 2.23. The van der Waals surface area contributed by atoms with Crippen LogP contribution in [0.1, 0.15) is 22.3 Å². The SMILES string of the molecule is Cc1ccccc1/C=N\N=C1c2ccccc2-c2ccccc21. The van der Waals surface area contributed by atoms with Crippen molar-refractivity contribution in [3.8, 4) is 11.1 Å². The molecule has 1 aliphatic rings. The Balaban J connectivity index is 1.78. The van der Waals surface area contributed by atoms with Crippen LogP contribution in [0.15, 0.2) is 83.0 Å². The lowest BCUT2D eigenvalue weighted by atomic mass is 10.1. The van der Waals surface area contributed by atoms with Gasteiger partial charge >= 0.3 is 0 Å². The van der Waals surface area contributed by atoms with Gasteiger partial charge in [0.05, 0.1) is 6.21 Å². The molecule has 0 aliphatic heterocycles. The highest BCUT2D eigenvalue weighted by Crippen LogP contribution is 2.36. The second kappa shape index (κ2) is 5.65. The summed E-state index contributed by atoms with van der Waals surface area (Å²) in [6.45, 7) is 2.08. The molecule has 0 atom stereocenters. The van der Waals surface area contributed by atoms with Crippen molar-refractivity contribution >= 4 is 11.9 Å². The van der Waals surface area contributed by atoms with E-state index in [-0.39, 0.29) is 0 Å². The maximum absolute atomic E-state index is 4.53. The smallest absolute Gasteiger partial charge is 0.101 e. The third kappa shape index (κ3) is 2.38. The highest BCUT2D eigenvalue weighted by molar-refractivity contribution is 6.24. The van der Waals surface area contributed by atoms with E-state index in [1.165, 1.54) is 16.7 Å². The lowest BCUT2D eigenvalue weighted by Gasteiger charge is -1.99. The molecule has 0 spiro atoms. The monoisotopic (exact) mass is 296 g/mol. The lowest BCUT2D eigenvalue weighted by molar-refractivity contribution is 1.25. The summed E-state index contributed by atoms with van der Waals surface area (Å²) < 4.78 is 0. The number of hydrogen-bond donors (Lipinski definition) is 0. The van der Waals surface area contributed by atoms with Crippen molar-refractivity contribution in [2.45, 2.75) is 6.92 Å². The minimum atomic E-state index is 0.945. The van der Waals surface area contributed by atoms with Crippen molar-refractivity contribution in [2.75, 3.05) is 0 Å². The molecule has 0 N–H and O–H groups in total. The third-order valence-electron chi connectivity index (χ3n) is 4.20. The van der Waals surface area contributed by atoms with Gasteiger partial charge in [-0.15, -0.1) is 5.10 Å². The molecule has 0 amide bonds. The zero-order valence-electron chi connectivity index (χ0n) is 12.9. The van der Waals surface area contributed by atoms with Crippen LogP contribution in [0.3, 0.4) is 0 Å². The van der Waals surface area contributed by atoms with E-state index < -0.39 is 0 Å². The molecule has 1 aliphatic carbocycles. The van der Waals surface area contributed by atoms with Crippen molar-refractivity contribution in [1.82, 2.24) is 0 Å². The summed E-state index contributed by atoms with van der Waals surface area (Å²) in [5.74, 6) is 0. The number of rotatable bonds is 2. The summed E-state index contributed by atoms with van der Waals surface area (Å²) in [5.41, 5.74) is 7.99. The van der Waals surface area contributed by atoms with Gasteiger partial charge in [-0.05, 0) is 29.2 Å². The molecule has 0 unspecified atom stereocenters. The van der Waals surface area contributed by atoms with Crippen LogP contribution in [0.2, 0.25) is 0 Å². The molecular formula is C21H16N2. The Bertz CT molecular complexity index is 888. The zero-order chi connectivity index (χ0) is 15.6. The van der Waals surface area contributed by atoms with Gasteiger partial charge in [0.2, 0.25) is 0 Å². The molecule has 4 rings (SSSR count). The summed E-state index contributed by atoms with van der Waals surface area (Å²) >= 11 is 0. The predicted octanol–water partition coefficient (Wildman–Crippen LogP) is 4.85. The van der Waals surface area contributed by atoms with Crippen molar-refractivity contribution < 1.29 is 0 Å². The van der Waals surface area contributed by atoms with Crippen molar-refractivity contribution in [2.24, 2.45) is 10.2 Å². The number of benzene rings is 3. The summed E-state index contributed by atoms with van der Waals surface area (Å²) in [4.78, 5) is 0. The van der Waals surface area contributed by atoms with Crippen LogP contribution in [0.5, 0.6) is 0 Å². The van der Waals surface area contributed by atoms with Crippen LogP contribution in [0, 0.1) is 6.92 Å². The molecule has 23 heavy (non-hydrogen) atoms. The van der Waals surface area contributed by atoms with Crippen LogP contribution in [-0.4, -0.2) is 11.9 Å². The molecule has 2 nitrogen and oxygen atoms in total. The molecule has 0 bridgehead atoms.